The first-order valence-corrected chi connectivity index (χ1v) is 9.57. The monoisotopic (exact) mass is 304 g/mol. The standard InChI is InChI=1S/C20H32O2/c1-12-11-20(3)13(10-17(12)21)4-5-14-15-6-7-18(22)19(15,2)9-8-16(14)20/h12-16,18,22H,4-11H2,1-3H3/t12-,13-,14-,15+,16-,18+,19+,20+/m1/s1. The first kappa shape index (κ1) is 15.2. The van der Waals surface area contributed by atoms with E-state index in [1.54, 1.807) is 0 Å². The molecule has 0 spiro atoms. The molecule has 2 heteroatoms. The minimum absolute atomic E-state index is 0.0733. The molecule has 0 aromatic carbocycles. The van der Waals surface area contributed by atoms with Gasteiger partial charge >= 0.3 is 0 Å². The van der Waals surface area contributed by atoms with Crippen LogP contribution in [0.4, 0.5) is 0 Å². The maximum Gasteiger partial charge on any atom is 0.136 e. The number of ketones is 1. The van der Waals surface area contributed by atoms with Crippen LogP contribution in [0.3, 0.4) is 0 Å². The molecule has 124 valence electrons. The molecule has 8 atom stereocenters. The number of fused-ring (bicyclic) bond motifs is 5. The highest BCUT2D eigenvalue weighted by Crippen LogP contribution is 2.66. The summed E-state index contributed by atoms with van der Waals surface area (Å²) < 4.78 is 0. The Kier molecular flexibility index (Phi) is 3.32. The van der Waals surface area contributed by atoms with E-state index in [4.69, 9.17) is 0 Å². The average molecular weight is 304 g/mol. The van der Waals surface area contributed by atoms with Crippen molar-refractivity contribution in [2.24, 2.45) is 40.4 Å². The van der Waals surface area contributed by atoms with Gasteiger partial charge in [-0.25, -0.2) is 0 Å². The minimum atomic E-state index is -0.0733. The van der Waals surface area contributed by atoms with Gasteiger partial charge in [-0.1, -0.05) is 20.8 Å². The maximum absolute atomic E-state index is 12.2. The molecule has 4 saturated carbocycles. The van der Waals surface area contributed by atoms with Gasteiger partial charge in [-0.15, -0.1) is 0 Å². The molecule has 0 aromatic rings. The Morgan fingerprint density at radius 2 is 1.73 bits per heavy atom. The molecule has 0 unspecified atom stereocenters. The van der Waals surface area contributed by atoms with E-state index in [9.17, 15) is 9.90 Å². The fraction of sp³-hybridized carbons (Fsp3) is 0.950. The highest BCUT2D eigenvalue weighted by molar-refractivity contribution is 5.82. The highest BCUT2D eigenvalue weighted by Gasteiger charge is 2.60. The van der Waals surface area contributed by atoms with Gasteiger partial charge in [0.2, 0.25) is 0 Å². The molecule has 22 heavy (non-hydrogen) atoms. The maximum atomic E-state index is 12.2. The summed E-state index contributed by atoms with van der Waals surface area (Å²) in [7, 11) is 0. The third-order valence-corrected chi connectivity index (χ3v) is 8.76. The van der Waals surface area contributed by atoms with Gasteiger partial charge in [0.15, 0.2) is 0 Å². The molecule has 0 heterocycles. The molecule has 4 rings (SSSR count). The molecule has 0 bridgehead atoms. The van der Waals surface area contributed by atoms with Crippen molar-refractivity contribution in [3.05, 3.63) is 0 Å². The lowest BCUT2D eigenvalue weighted by Gasteiger charge is -2.60. The van der Waals surface area contributed by atoms with E-state index in [2.05, 4.69) is 20.8 Å². The topological polar surface area (TPSA) is 37.3 Å². The van der Waals surface area contributed by atoms with Crippen molar-refractivity contribution in [3.63, 3.8) is 0 Å². The quantitative estimate of drug-likeness (QED) is 0.728. The molecule has 2 nitrogen and oxygen atoms in total. The normalized spacial score (nSPS) is 57.9. The molecule has 0 amide bonds. The lowest BCUT2D eigenvalue weighted by Crippen LogP contribution is -2.55. The van der Waals surface area contributed by atoms with Crippen LogP contribution in [0.1, 0.15) is 72.1 Å². The molecule has 0 aliphatic heterocycles. The van der Waals surface area contributed by atoms with Crippen LogP contribution in [0.25, 0.3) is 0 Å². The van der Waals surface area contributed by atoms with Crippen molar-refractivity contribution in [2.75, 3.05) is 0 Å². The Bertz CT molecular complexity index is 486. The second kappa shape index (κ2) is 4.82. The van der Waals surface area contributed by atoms with Crippen LogP contribution in [0.2, 0.25) is 0 Å². The Hall–Kier alpha value is -0.370. The second-order valence-corrected chi connectivity index (χ2v) is 9.57. The Labute approximate surface area is 135 Å². The third-order valence-electron chi connectivity index (χ3n) is 8.76. The lowest BCUT2D eigenvalue weighted by atomic mass is 9.44. The predicted molar refractivity (Wildman–Crippen MR) is 87.3 cm³/mol. The van der Waals surface area contributed by atoms with Crippen molar-refractivity contribution in [1.82, 2.24) is 0 Å². The van der Waals surface area contributed by atoms with Crippen molar-refractivity contribution in [2.45, 2.75) is 78.2 Å². The molecule has 0 saturated heterocycles. The Morgan fingerprint density at radius 3 is 2.50 bits per heavy atom. The molecular weight excluding hydrogens is 272 g/mol. The molecule has 0 radical (unpaired) electrons. The van der Waals surface area contributed by atoms with E-state index in [1.165, 1.54) is 32.1 Å². The largest absolute Gasteiger partial charge is 0.393 e. The van der Waals surface area contributed by atoms with Crippen LogP contribution in [-0.4, -0.2) is 17.0 Å². The molecular formula is C20H32O2. The fourth-order valence-electron chi connectivity index (χ4n) is 7.38. The van der Waals surface area contributed by atoms with E-state index >= 15 is 0 Å². The smallest absolute Gasteiger partial charge is 0.136 e. The molecule has 4 fully saturated rings. The van der Waals surface area contributed by atoms with Gasteiger partial charge in [0.05, 0.1) is 6.10 Å². The van der Waals surface area contributed by atoms with Crippen LogP contribution >= 0.6 is 0 Å². The minimum Gasteiger partial charge on any atom is -0.393 e. The van der Waals surface area contributed by atoms with Crippen molar-refractivity contribution >= 4 is 5.78 Å². The number of carbonyl (C=O) groups excluding carboxylic acids is 1. The van der Waals surface area contributed by atoms with E-state index in [-0.39, 0.29) is 17.4 Å². The molecule has 1 N–H and O–H groups in total. The van der Waals surface area contributed by atoms with Crippen molar-refractivity contribution < 1.29 is 9.90 Å². The Morgan fingerprint density at radius 1 is 1.00 bits per heavy atom. The van der Waals surface area contributed by atoms with E-state index in [1.807, 2.05) is 0 Å². The first-order valence-electron chi connectivity index (χ1n) is 9.57. The summed E-state index contributed by atoms with van der Waals surface area (Å²) >= 11 is 0. The van der Waals surface area contributed by atoms with E-state index in [0.29, 0.717) is 17.1 Å². The predicted octanol–water partition coefficient (Wildman–Crippen LogP) is 4.21. The number of hydrogen-bond acceptors (Lipinski definition) is 2. The summed E-state index contributed by atoms with van der Waals surface area (Å²) in [6.07, 6.45) is 9.16. The van der Waals surface area contributed by atoms with Gasteiger partial charge in [-0.2, -0.15) is 0 Å². The fourth-order valence-corrected chi connectivity index (χ4v) is 7.38. The number of aliphatic hydroxyl groups excluding tert-OH is 1. The summed E-state index contributed by atoms with van der Waals surface area (Å²) in [6.45, 7) is 7.01. The molecule has 4 aliphatic rings. The van der Waals surface area contributed by atoms with E-state index in [0.717, 1.165) is 37.0 Å². The zero-order valence-electron chi connectivity index (χ0n) is 14.5. The molecule has 4 aliphatic carbocycles. The summed E-state index contributed by atoms with van der Waals surface area (Å²) in [4.78, 5) is 12.2. The van der Waals surface area contributed by atoms with Gasteiger partial charge in [0.25, 0.3) is 0 Å². The lowest BCUT2D eigenvalue weighted by molar-refractivity contribution is -0.148. The zero-order valence-corrected chi connectivity index (χ0v) is 14.5. The van der Waals surface area contributed by atoms with Gasteiger partial charge < -0.3 is 5.11 Å². The first-order chi connectivity index (χ1) is 10.4. The average Bonchev–Trinajstić information content (AvgIpc) is 2.77. The van der Waals surface area contributed by atoms with Gasteiger partial charge in [0.1, 0.15) is 5.78 Å². The van der Waals surface area contributed by atoms with Crippen LogP contribution in [-0.2, 0) is 4.79 Å². The van der Waals surface area contributed by atoms with Gasteiger partial charge in [-0.05, 0) is 79.4 Å². The van der Waals surface area contributed by atoms with Crippen molar-refractivity contribution in [3.8, 4) is 0 Å². The number of hydrogen-bond donors (Lipinski definition) is 1. The second-order valence-electron chi connectivity index (χ2n) is 9.57. The highest BCUT2D eigenvalue weighted by atomic mass is 16.3. The van der Waals surface area contributed by atoms with E-state index < -0.39 is 0 Å². The number of Topliss-reactive ketones (excluding diaryl/α,β-unsaturated/α-hetero) is 1. The number of rotatable bonds is 0. The van der Waals surface area contributed by atoms with Gasteiger partial charge in [-0.3, -0.25) is 4.79 Å². The van der Waals surface area contributed by atoms with Crippen LogP contribution in [0.5, 0.6) is 0 Å². The third kappa shape index (κ3) is 1.85. The summed E-state index contributed by atoms with van der Waals surface area (Å²) in [5.74, 6) is 3.74. The molecule has 0 aromatic heterocycles. The number of carbonyl (C=O) groups is 1. The van der Waals surface area contributed by atoms with Crippen LogP contribution < -0.4 is 0 Å². The summed E-state index contributed by atoms with van der Waals surface area (Å²) in [6, 6.07) is 0. The SMILES string of the molecule is C[C@@H]1C[C@@]2(C)[C@H](CC[C@H]3[C@H]2CC[C@]2(C)[C@@H](O)CC[C@@H]32)CC1=O. The zero-order chi connectivity index (χ0) is 15.7. The summed E-state index contributed by atoms with van der Waals surface area (Å²) in [5.41, 5.74) is 0.561. The van der Waals surface area contributed by atoms with Crippen LogP contribution in [0, 0.1) is 40.4 Å². The Balaban J connectivity index is 1.65. The van der Waals surface area contributed by atoms with Crippen molar-refractivity contribution in [1.29, 1.82) is 0 Å². The van der Waals surface area contributed by atoms with Crippen LogP contribution in [0.15, 0.2) is 0 Å². The van der Waals surface area contributed by atoms with Gasteiger partial charge in [0, 0.05) is 12.3 Å². The number of aliphatic hydroxyl groups is 1. The summed E-state index contributed by atoms with van der Waals surface area (Å²) in [5, 5.41) is 10.5.